The smallest absolute Gasteiger partial charge is 0.115 e. The summed E-state index contributed by atoms with van der Waals surface area (Å²) in [6.45, 7) is 4.70. The molecule has 1 unspecified atom stereocenters. The molecule has 19 heavy (non-hydrogen) atoms. The number of likely N-dealkylation sites (tertiary alicyclic amines) is 1. The molecular formula is C16H26N2O. The van der Waals surface area contributed by atoms with Crippen LogP contribution in [-0.4, -0.2) is 54.2 Å². The van der Waals surface area contributed by atoms with Gasteiger partial charge in [0.15, 0.2) is 0 Å². The van der Waals surface area contributed by atoms with E-state index in [9.17, 15) is 5.11 Å². The van der Waals surface area contributed by atoms with Crippen molar-refractivity contribution in [2.24, 2.45) is 0 Å². The average molecular weight is 262 g/mol. The van der Waals surface area contributed by atoms with Crippen molar-refractivity contribution in [3.8, 4) is 5.75 Å². The number of piperidine rings is 1. The van der Waals surface area contributed by atoms with Gasteiger partial charge in [0, 0.05) is 12.1 Å². The van der Waals surface area contributed by atoms with E-state index in [0.717, 1.165) is 12.5 Å². The third kappa shape index (κ3) is 3.95. The van der Waals surface area contributed by atoms with Crippen molar-refractivity contribution in [3.63, 3.8) is 0 Å². The molecule has 1 aliphatic heterocycles. The lowest BCUT2D eigenvalue weighted by Crippen LogP contribution is -2.46. The summed E-state index contributed by atoms with van der Waals surface area (Å²) in [5, 5.41) is 9.31. The first-order valence-corrected chi connectivity index (χ1v) is 7.24. The molecule has 0 aromatic heterocycles. The summed E-state index contributed by atoms with van der Waals surface area (Å²) in [5.74, 6) is 0.350. The van der Waals surface area contributed by atoms with Crippen LogP contribution in [0.2, 0.25) is 0 Å². The zero-order valence-corrected chi connectivity index (χ0v) is 12.3. The van der Waals surface area contributed by atoms with Crippen LogP contribution in [-0.2, 0) is 6.42 Å². The lowest BCUT2D eigenvalue weighted by atomic mass is 9.99. The Morgan fingerprint density at radius 2 is 1.79 bits per heavy atom. The Morgan fingerprint density at radius 1 is 1.21 bits per heavy atom. The summed E-state index contributed by atoms with van der Waals surface area (Å²) in [5.41, 5.74) is 1.31. The molecule has 1 aliphatic rings. The molecule has 0 spiro atoms. The molecule has 1 fully saturated rings. The van der Waals surface area contributed by atoms with Gasteiger partial charge in [-0.15, -0.1) is 0 Å². The van der Waals surface area contributed by atoms with E-state index in [1.807, 2.05) is 12.1 Å². The molecule has 3 nitrogen and oxygen atoms in total. The van der Waals surface area contributed by atoms with E-state index >= 15 is 0 Å². The highest BCUT2D eigenvalue weighted by Gasteiger charge is 2.23. The second-order valence-corrected chi connectivity index (χ2v) is 5.95. The van der Waals surface area contributed by atoms with E-state index in [4.69, 9.17) is 0 Å². The van der Waals surface area contributed by atoms with Crippen molar-refractivity contribution in [1.82, 2.24) is 9.80 Å². The van der Waals surface area contributed by atoms with Crippen molar-refractivity contribution in [3.05, 3.63) is 29.8 Å². The molecule has 0 aliphatic carbocycles. The number of phenolic OH excluding ortho intramolecular Hbond substituents is 1. The van der Waals surface area contributed by atoms with Crippen LogP contribution in [0.25, 0.3) is 0 Å². The number of hydrogen-bond acceptors (Lipinski definition) is 3. The minimum absolute atomic E-state index is 0.350. The van der Waals surface area contributed by atoms with Crippen LogP contribution in [0, 0.1) is 0 Å². The van der Waals surface area contributed by atoms with Gasteiger partial charge in [0.2, 0.25) is 0 Å². The molecule has 1 aromatic carbocycles. The minimum Gasteiger partial charge on any atom is -0.508 e. The summed E-state index contributed by atoms with van der Waals surface area (Å²) in [6.07, 6.45) is 3.60. The average Bonchev–Trinajstić information content (AvgIpc) is 2.41. The van der Waals surface area contributed by atoms with Crippen LogP contribution in [0.15, 0.2) is 24.3 Å². The number of nitrogens with zero attached hydrogens (tertiary/aromatic N) is 2. The molecule has 0 saturated carbocycles. The first-order chi connectivity index (χ1) is 9.06. The summed E-state index contributed by atoms with van der Waals surface area (Å²) in [6, 6.07) is 8.93. The quantitative estimate of drug-likeness (QED) is 0.902. The zero-order chi connectivity index (χ0) is 13.8. The van der Waals surface area contributed by atoms with Crippen molar-refractivity contribution in [1.29, 1.82) is 0 Å². The molecule has 1 saturated heterocycles. The number of rotatable bonds is 4. The highest BCUT2D eigenvalue weighted by molar-refractivity contribution is 5.26. The lowest BCUT2D eigenvalue weighted by molar-refractivity contribution is 0.114. The number of phenols is 1. The topological polar surface area (TPSA) is 26.7 Å². The van der Waals surface area contributed by atoms with Crippen LogP contribution in [0.4, 0.5) is 0 Å². The predicted octanol–water partition coefficient (Wildman–Crippen LogP) is 2.35. The van der Waals surface area contributed by atoms with Gasteiger partial charge in [-0.05, 0) is 71.1 Å². The Labute approximate surface area is 116 Å². The molecule has 2 rings (SSSR count). The number of benzene rings is 1. The van der Waals surface area contributed by atoms with Crippen molar-refractivity contribution in [2.45, 2.75) is 38.3 Å². The zero-order valence-electron chi connectivity index (χ0n) is 12.3. The van der Waals surface area contributed by atoms with Crippen molar-refractivity contribution < 1.29 is 5.11 Å². The van der Waals surface area contributed by atoms with Gasteiger partial charge in [0.05, 0.1) is 0 Å². The Balaban J connectivity index is 1.84. The van der Waals surface area contributed by atoms with E-state index in [-0.39, 0.29) is 0 Å². The molecule has 0 bridgehead atoms. The van der Waals surface area contributed by atoms with Gasteiger partial charge in [-0.2, -0.15) is 0 Å². The molecule has 1 heterocycles. The maximum absolute atomic E-state index is 9.31. The second-order valence-electron chi connectivity index (χ2n) is 5.95. The standard InChI is InChI=1S/C16H26N2O/c1-13(12-14-4-6-16(19)7-5-14)18-10-8-15(9-11-18)17(2)3/h4-7,13,15,19H,8-12H2,1-3H3. The van der Waals surface area contributed by atoms with E-state index < -0.39 is 0 Å². The molecule has 0 amide bonds. The van der Waals surface area contributed by atoms with E-state index in [1.54, 1.807) is 12.1 Å². The highest BCUT2D eigenvalue weighted by Crippen LogP contribution is 2.19. The maximum atomic E-state index is 9.31. The van der Waals surface area contributed by atoms with E-state index in [0.29, 0.717) is 11.8 Å². The maximum Gasteiger partial charge on any atom is 0.115 e. The predicted molar refractivity (Wildman–Crippen MR) is 79.6 cm³/mol. The summed E-state index contributed by atoms with van der Waals surface area (Å²) in [4.78, 5) is 4.94. The van der Waals surface area contributed by atoms with Gasteiger partial charge in [0.25, 0.3) is 0 Å². The van der Waals surface area contributed by atoms with Gasteiger partial charge in [-0.1, -0.05) is 12.1 Å². The molecule has 3 heteroatoms. The minimum atomic E-state index is 0.350. The van der Waals surface area contributed by atoms with Gasteiger partial charge < -0.3 is 14.9 Å². The lowest BCUT2D eigenvalue weighted by Gasteiger charge is -2.38. The van der Waals surface area contributed by atoms with Crippen LogP contribution in [0.1, 0.15) is 25.3 Å². The Bertz CT molecular complexity index is 380. The molecule has 106 valence electrons. The Hall–Kier alpha value is -1.06. The van der Waals surface area contributed by atoms with Crippen molar-refractivity contribution >= 4 is 0 Å². The second kappa shape index (κ2) is 6.40. The largest absolute Gasteiger partial charge is 0.508 e. The Kier molecular flexibility index (Phi) is 4.83. The molecule has 1 atom stereocenters. The highest BCUT2D eigenvalue weighted by atomic mass is 16.3. The fraction of sp³-hybridized carbons (Fsp3) is 0.625. The van der Waals surface area contributed by atoms with Gasteiger partial charge in [-0.3, -0.25) is 0 Å². The summed E-state index contributed by atoms with van der Waals surface area (Å²) in [7, 11) is 4.36. The van der Waals surface area contributed by atoms with Crippen LogP contribution >= 0.6 is 0 Å². The summed E-state index contributed by atoms with van der Waals surface area (Å²) < 4.78 is 0. The molecule has 1 aromatic rings. The van der Waals surface area contributed by atoms with E-state index in [2.05, 4.69) is 30.8 Å². The third-order valence-corrected chi connectivity index (χ3v) is 4.32. The van der Waals surface area contributed by atoms with Crippen LogP contribution < -0.4 is 0 Å². The molecule has 1 N–H and O–H groups in total. The van der Waals surface area contributed by atoms with Crippen LogP contribution in [0.3, 0.4) is 0 Å². The third-order valence-electron chi connectivity index (χ3n) is 4.32. The van der Waals surface area contributed by atoms with Crippen molar-refractivity contribution in [2.75, 3.05) is 27.2 Å². The monoisotopic (exact) mass is 262 g/mol. The normalized spacial score (nSPS) is 19.8. The Morgan fingerprint density at radius 3 is 2.32 bits per heavy atom. The fourth-order valence-electron chi connectivity index (χ4n) is 2.95. The molecular weight excluding hydrogens is 236 g/mol. The first kappa shape index (κ1) is 14.4. The fourth-order valence-corrected chi connectivity index (χ4v) is 2.95. The van der Waals surface area contributed by atoms with Crippen LogP contribution in [0.5, 0.6) is 5.75 Å². The van der Waals surface area contributed by atoms with E-state index in [1.165, 1.54) is 31.5 Å². The van der Waals surface area contributed by atoms with Gasteiger partial charge in [-0.25, -0.2) is 0 Å². The molecule has 0 radical (unpaired) electrons. The SMILES string of the molecule is CC(Cc1ccc(O)cc1)N1CCC(N(C)C)CC1. The van der Waals surface area contributed by atoms with Gasteiger partial charge >= 0.3 is 0 Å². The van der Waals surface area contributed by atoms with Gasteiger partial charge in [0.1, 0.15) is 5.75 Å². The summed E-state index contributed by atoms with van der Waals surface area (Å²) >= 11 is 0. The first-order valence-electron chi connectivity index (χ1n) is 7.24. The number of hydrogen-bond donors (Lipinski definition) is 1. The number of aromatic hydroxyl groups is 1.